The van der Waals surface area contributed by atoms with Crippen LogP contribution in [0, 0.1) is 11.3 Å². The van der Waals surface area contributed by atoms with E-state index in [-0.39, 0.29) is 18.0 Å². The van der Waals surface area contributed by atoms with E-state index in [4.69, 9.17) is 11.0 Å². The maximum atomic E-state index is 12.1. The van der Waals surface area contributed by atoms with Crippen molar-refractivity contribution in [2.75, 3.05) is 24.1 Å². The molecule has 0 saturated carbocycles. The molecule has 0 radical (unpaired) electrons. The molecule has 0 aliphatic carbocycles. The number of anilines is 2. The zero-order valence-electron chi connectivity index (χ0n) is 16.2. The Bertz CT molecular complexity index is 1030. The largest absolute Gasteiger partial charge is 0.385 e. The van der Waals surface area contributed by atoms with Gasteiger partial charge in [-0.2, -0.15) is 5.26 Å². The van der Waals surface area contributed by atoms with Crippen LogP contribution in [0.5, 0.6) is 0 Å². The van der Waals surface area contributed by atoms with Crippen LogP contribution in [0.25, 0.3) is 0 Å². The second kappa shape index (κ2) is 10.5. The van der Waals surface area contributed by atoms with Gasteiger partial charge in [-0.15, -0.1) is 11.3 Å². The lowest BCUT2D eigenvalue weighted by Gasteiger charge is -2.12. The SMILES string of the molecule is N#Cc1cccc(C(O)CNCCc2ccc(NC(=O)Cc3csc(N)n3)cc2)n1. The summed E-state index contributed by atoms with van der Waals surface area (Å²) in [7, 11) is 0. The van der Waals surface area contributed by atoms with Crippen molar-refractivity contribution in [1.82, 2.24) is 15.3 Å². The van der Waals surface area contributed by atoms with Crippen molar-refractivity contribution in [3.8, 4) is 6.07 Å². The Morgan fingerprint density at radius 2 is 2.03 bits per heavy atom. The Kier molecular flexibility index (Phi) is 7.45. The molecule has 0 spiro atoms. The number of benzene rings is 1. The molecule has 0 bridgehead atoms. The molecule has 2 heterocycles. The number of pyridine rings is 1. The summed E-state index contributed by atoms with van der Waals surface area (Å²) in [6.07, 6.45) is 0.183. The Morgan fingerprint density at radius 3 is 2.73 bits per heavy atom. The summed E-state index contributed by atoms with van der Waals surface area (Å²) in [5.74, 6) is -0.141. The van der Waals surface area contributed by atoms with Crippen LogP contribution < -0.4 is 16.4 Å². The first-order chi connectivity index (χ1) is 14.5. The van der Waals surface area contributed by atoms with Crippen molar-refractivity contribution in [2.24, 2.45) is 0 Å². The predicted octanol–water partition coefficient (Wildman–Crippen LogP) is 2.04. The zero-order valence-corrected chi connectivity index (χ0v) is 17.0. The predicted molar refractivity (Wildman–Crippen MR) is 116 cm³/mol. The number of nitrogens with zero attached hydrogens (tertiary/aromatic N) is 3. The fourth-order valence-electron chi connectivity index (χ4n) is 2.80. The maximum Gasteiger partial charge on any atom is 0.230 e. The van der Waals surface area contributed by atoms with Crippen molar-refractivity contribution in [2.45, 2.75) is 18.9 Å². The molecule has 0 saturated heterocycles. The third-order valence-corrected chi connectivity index (χ3v) is 5.03. The van der Waals surface area contributed by atoms with Gasteiger partial charge in [-0.25, -0.2) is 9.97 Å². The molecule has 3 aromatic rings. The highest BCUT2D eigenvalue weighted by molar-refractivity contribution is 7.13. The van der Waals surface area contributed by atoms with Gasteiger partial charge < -0.3 is 21.5 Å². The number of rotatable bonds is 9. The highest BCUT2D eigenvalue weighted by Crippen LogP contribution is 2.14. The number of amides is 1. The number of aliphatic hydroxyl groups excluding tert-OH is 1. The summed E-state index contributed by atoms with van der Waals surface area (Å²) in [5, 5.41) is 27.3. The van der Waals surface area contributed by atoms with Gasteiger partial charge in [0.05, 0.1) is 17.8 Å². The van der Waals surface area contributed by atoms with Gasteiger partial charge >= 0.3 is 0 Å². The molecule has 1 atom stereocenters. The van der Waals surface area contributed by atoms with E-state index in [9.17, 15) is 9.90 Å². The molecule has 1 amide bonds. The van der Waals surface area contributed by atoms with Gasteiger partial charge in [0.25, 0.3) is 0 Å². The number of nitrogens with one attached hydrogen (secondary N) is 2. The van der Waals surface area contributed by atoms with Crippen LogP contribution >= 0.6 is 11.3 Å². The van der Waals surface area contributed by atoms with E-state index in [2.05, 4.69) is 20.6 Å². The molecular weight excluding hydrogens is 400 g/mol. The van der Waals surface area contributed by atoms with Crippen LogP contribution in [-0.2, 0) is 17.6 Å². The summed E-state index contributed by atoms with van der Waals surface area (Å²) in [6, 6.07) is 14.6. The molecule has 0 fully saturated rings. The van der Waals surface area contributed by atoms with Crippen molar-refractivity contribution < 1.29 is 9.90 Å². The van der Waals surface area contributed by atoms with Crippen LogP contribution in [0.3, 0.4) is 0 Å². The molecule has 9 heteroatoms. The average Bonchev–Trinajstić information content (AvgIpc) is 3.16. The van der Waals surface area contributed by atoms with Crippen LogP contribution in [0.4, 0.5) is 10.8 Å². The van der Waals surface area contributed by atoms with Crippen LogP contribution in [0.1, 0.15) is 28.7 Å². The number of thiazole rings is 1. The van der Waals surface area contributed by atoms with Crippen LogP contribution in [-0.4, -0.2) is 34.1 Å². The molecule has 154 valence electrons. The van der Waals surface area contributed by atoms with E-state index in [0.717, 1.165) is 17.7 Å². The third-order valence-electron chi connectivity index (χ3n) is 4.30. The first-order valence-electron chi connectivity index (χ1n) is 9.38. The Balaban J connectivity index is 1.40. The number of aromatic nitrogens is 2. The van der Waals surface area contributed by atoms with Gasteiger partial charge in [0.1, 0.15) is 17.9 Å². The molecule has 0 aliphatic heterocycles. The molecule has 8 nitrogen and oxygen atoms in total. The lowest BCUT2D eigenvalue weighted by Crippen LogP contribution is -2.24. The van der Waals surface area contributed by atoms with Crippen molar-refractivity contribution in [3.63, 3.8) is 0 Å². The number of nitrogens with two attached hydrogens (primary N) is 1. The highest BCUT2D eigenvalue weighted by Gasteiger charge is 2.10. The van der Waals surface area contributed by atoms with E-state index < -0.39 is 6.10 Å². The van der Waals surface area contributed by atoms with Gasteiger partial charge in [0.2, 0.25) is 5.91 Å². The smallest absolute Gasteiger partial charge is 0.230 e. The summed E-state index contributed by atoms with van der Waals surface area (Å²) in [5.41, 5.74) is 8.82. The number of carbonyl (C=O) groups is 1. The summed E-state index contributed by atoms with van der Waals surface area (Å²) < 4.78 is 0. The van der Waals surface area contributed by atoms with Crippen LogP contribution in [0.2, 0.25) is 0 Å². The number of hydrogen-bond acceptors (Lipinski definition) is 8. The molecule has 5 N–H and O–H groups in total. The van der Waals surface area contributed by atoms with E-state index in [0.29, 0.717) is 29.6 Å². The second-order valence-electron chi connectivity index (χ2n) is 6.63. The molecule has 30 heavy (non-hydrogen) atoms. The van der Waals surface area contributed by atoms with Gasteiger partial charge in [0.15, 0.2) is 5.13 Å². The minimum absolute atomic E-state index is 0.141. The van der Waals surface area contributed by atoms with Crippen LogP contribution in [0.15, 0.2) is 47.8 Å². The van der Waals surface area contributed by atoms with Gasteiger partial charge in [-0.3, -0.25) is 4.79 Å². The van der Waals surface area contributed by atoms with Crippen molar-refractivity contribution in [1.29, 1.82) is 5.26 Å². The molecular formula is C21H22N6O2S. The molecule has 3 rings (SSSR count). The first-order valence-corrected chi connectivity index (χ1v) is 10.3. The zero-order chi connectivity index (χ0) is 21.3. The standard InChI is InChI=1S/C21H22N6O2S/c22-11-16-2-1-3-18(25-16)19(28)12-24-9-8-14-4-6-15(7-5-14)26-20(29)10-17-13-30-21(23)27-17/h1-7,13,19,24,28H,8-10,12H2,(H2,23,27)(H,26,29). The molecule has 2 aromatic heterocycles. The third kappa shape index (κ3) is 6.35. The first kappa shape index (κ1) is 21.4. The quantitative estimate of drug-likeness (QED) is 0.387. The summed E-state index contributed by atoms with van der Waals surface area (Å²) >= 11 is 1.31. The fourth-order valence-corrected chi connectivity index (χ4v) is 3.37. The summed E-state index contributed by atoms with van der Waals surface area (Å²) in [6.45, 7) is 1.02. The minimum atomic E-state index is -0.774. The number of aliphatic hydroxyl groups is 1. The molecule has 0 aliphatic rings. The lowest BCUT2D eigenvalue weighted by atomic mass is 10.1. The van der Waals surface area contributed by atoms with Gasteiger partial charge in [-0.05, 0) is 42.8 Å². The Morgan fingerprint density at radius 1 is 1.23 bits per heavy atom. The Labute approximate surface area is 178 Å². The fraction of sp³-hybridized carbons (Fsp3) is 0.238. The van der Waals surface area contributed by atoms with Crippen molar-refractivity contribution >= 4 is 28.1 Å². The Hall–Kier alpha value is -3.32. The minimum Gasteiger partial charge on any atom is -0.385 e. The normalized spacial score (nSPS) is 11.6. The van der Waals surface area contributed by atoms with E-state index in [1.807, 2.05) is 30.3 Å². The lowest BCUT2D eigenvalue weighted by molar-refractivity contribution is -0.115. The van der Waals surface area contributed by atoms with Gasteiger partial charge in [-0.1, -0.05) is 18.2 Å². The average molecular weight is 423 g/mol. The van der Waals surface area contributed by atoms with Gasteiger partial charge in [0, 0.05) is 17.6 Å². The topological polar surface area (TPSA) is 137 Å². The number of nitrogen functional groups attached to an aromatic ring is 1. The maximum absolute atomic E-state index is 12.1. The molecule has 1 aromatic carbocycles. The monoisotopic (exact) mass is 422 g/mol. The number of carbonyl (C=O) groups excluding carboxylic acids is 1. The van der Waals surface area contributed by atoms with E-state index in [1.165, 1.54) is 11.3 Å². The second-order valence-corrected chi connectivity index (χ2v) is 7.52. The number of nitriles is 1. The molecule has 1 unspecified atom stereocenters. The van der Waals surface area contributed by atoms with Crippen molar-refractivity contribution in [3.05, 3.63) is 70.5 Å². The van der Waals surface area contributed by atoms with E-state index in [1.54, 1.807) is 23.6 Å². The number of hydrogen-bond donors (Lipinski definition) is 4. The van der Waals surface area contributed by atoms with E-state index >= 15 is 0 Å². The summed E-state index contributed by atoms with van der Waals surface area (Å²) in [4.78, 5) is 20.2. The highest BCUT2D eigenvalue weighted by atomic mass is 32.1.